The average Bonchev–Trinajstić information content (AvgIpc) is 3.34. The summed E-state index contributed by atoms with van der Waals surface area (Å²) in [5.41, 5.74) is 2.97. The fraction of sp³-hybridized carbons (Fsp3) is 0.533. The monoisotopic (exact) mass is 901 g/mol. The Morgan fingerprint density at radius 2 is 0.424 bits per heavy atom. The molecule has 0 unspecified atom stereocenters. The van der Waals surface area contributed by atoms with Crippen LogP contribution in [0.4, 0.5) is 0 Å². The minimum Gasteiger partial charge on any atom is -0.457 e. The molecule has 0 saturated heterocycles. The largest absolute Gasteiger partial charge is 0.457 e. The maximum Gasteiger partial charge on any atom is 0.162 e. The summed E-state index contributed by atoms with van der Waals surface area (Å²) < 4.78 is 11.8. The molecule has 360 valence electrons. The van der Waals surface area contributed by atoms with Crippen molar-refractivity contribution in [3.63, 3.8) is 0 Å². The van der Waals surface area contributed by atoms with Crippen LogP contribution in [-0.2, 0) is 0 Å². The van der Waals surface area contributed by atoms with Crippen LogP contribution < -0.4 is 9.47 Å². The molecule has 4 rings (SSSR count). The van der Waals surface area contributed by atoms with Gasteiger partial charge in [0.05, 0.1) is 0 Å². The molecule has 4 aromatic carbocycles. The summed E-state index contributed by atoms with van der Waals surface area (Å²) in [6.07, 6.45) is 30.9. The number of benzene rings is 4. The third kappa shape index (κ3) is 24.1. The lowest BCUT2D eigenvalue weighted by Crippen LogP contribution is -1.99. The second-order valence-electron chi connectivity index (χ2n) is 18.1. The van der Waals surface area contributed by atoms with Crippen LogP contribution in [-0.4, -0.2) is 23.1 Å². The summed E-state index contributed by atoms with van der Waals surface area (Å²) in [4.78, 5) is 49.5. The molecule has 0 aliphatic carbocycles. The molecule has 6 heteroatoms. The Balaban J connectivity index is 0.000000353. The normalized spacial score (nSPS) is 10.8. The summed E-state index contributed by atoms with van der Waals surface area (Å²) in [7, 11) is 0. The molecule has 0 bridgehead atoms. The van der Waals surface area contributed by atoms with Gasteiger partial charge in [-0.3, -0.25) is 19.2 Å². The second kappa shape index (κ2) is 35.4. The summed E-state index contributed by atoms with van der Waals surface area (Å²) in [6, 6.07) is 29.4. The fourth-order valence-corrected chi connectivity index (χ4v) is 7.95. The van der Waals surface area contributed by atoms with Crippen LogP contribution in [0.25, 0.3) is 0 Å². The smallest absolute Gasteiger partial charge is 0.162 e. The zero-order valence-corrected chi connectivity index (χ0v) is 41.5. The minimum absolute atomic E-state index is 0.195. The molecule has 0 fully saturated rings. The zero-order valence-electron chi connectivity index (χ0n) is 41.5. The predicted octanol–water partition coefficient (Wildman–Crippen LogP) is 18.7. The van der Waals surface area contributed by atoms with Crippen molar-refractivity contribution in [1.29, 1.82) is 0 Å². The number of unbranched alkanes of at least 4 members (excludes halogenated alkanes) is 20. The molecule has 0 aromatic heterocycles. The molecular formula is C60H84O6. The van der Waals surface area contributed by atoms with Crippen LogP contribution >= 0.6 is 0 Å². The Morgan fingerprint density at radius 3 is 0.606 bits per heavy atom. The van der Waals surface area contributed by atoms with Crippen molar-refractivity contribution in [2.45, 2.75) is 207 Å². The standard InChI is InChI=1S/C32H46O3.C28H38O3/c1-3-5-7-9-11-13-15-17-31(33)27-19-23-29(24-20-27)35-30-25-21-28(22-26-30)32(34)18-16-14-12-10-8-6-4-2;1-3-5-7-9-11-13-27(29)23-15-19-25(20-16-23)31-26-21-17-24(18-22-26)28(30)14-12-10-8-6-4-2/h19-26H,3-18H2,1-2H3;15-22H,3-14H2,1-2H3. The second-order valence-corrected chi connectivity index (χ2v) is 18.1. The summed E-state index contributed by atoms with van der Waals surface area (Å²) in [6.45, 7) is 8.84. The quantitative estimate of drug-likeness (QED) is 0.0334. The molecule has 0 aliphatic rings. The Morgan fingerprint density at radius 1 is 0.258 bits per heavy atom. The van der Waals surface area contributed by atoms with E-state index in [4.69, 9.17) is 9.47 Å². The topological polar surface area (TPSA) is 86.7 Å². The van der Waals surface area contributed by atoms with Gasteiger partial charge in [0, 0.05) is 47.9 Å². The summed E-state index contributed by atoms with van der Waals surface area (Å²) in [5, 5.41) is 0. The molecule has 0 amide bonds. The minimum atomic E-state index is 0.195. The highest BCUT2D eigenvalue weighted by molar-refractivity contribution is 5.97. The van der Waals surface area contributed by atoms with Crippen molar-refractivity contribution in [1.82, 2.24) is 0 Å². The lowest BCUT2D eigenvalue weighted by molar-refractivity contribution is 0.0971. The molecule has 4 aromatic rings. The maximum absolute atomic E-state index is 12.4. The molecule has 0 heterocycles. The number of Topliss-reactive ketones (excluding diaryl/α,β-unsaturated/α-hetero) is 4. The summed E-state index contributed by atoms with van der Waals surface area (Å²) >= 11 is 0. The van der Waals surface area contributed by atoms with E-state index >= 15 is 0 Å². The first kappa shape index (κ1) is 55.5. The molecule has 0 aliphatic heterocycles. The number of hydrogen-bond donors (Lipinski definition) is 0. The van der Waals surface area contributed by atoms with Gasteiger partial charge in [0.15, 0.2) is 23.1 Å². The van der Waals surface area contributed by atoms with E-state index in [1.807, 2.05) is 97.1 Å². The summed E-state index contributed by atoms with van der Waals surface area (Å²) in [5.74, 6) is 3.56. The third-order valence-corrected chi connectivity index (χ3v) is 12.2. The van der Waals surface area contributed by atoms with E-state index in [1.165, 1.54) is 103 Å². The van der Waals surface area contributed by atoms with Gasteiger partial charge in [0.1, 0.15) is 23.0 Å². The first-order valence-corrected chi connectivity index (χ1v) is 26.2. The van der Waals surface area contributed by atoms with Gasteiger partial charge in [-0.15, -0.1) is 0 Å². The van der Waals surface area contributed by atoms with Gasteiger partial charge in [-0.1, -0.05) is 156 Å². The Hall–Kier alpha value is -4.84. The van der Waals surface area contributed by atoms with Crippen LogP contribution in [0, 0.1) is 0 Å². The van der Waals surface area contributed by atoms with Crippen molar-refractivity contribution in [3.8, 4) is 23.0 Å². The van der Waals surface area contributed by atoms with Gasteiger partial charge in [0.25, 0.3) is 0 Å². The van der Waals surface area contributed by atoms with E-state index in [-0.39, 0.29) is 23.1 Å². The van der Waals surface area contributed by atoms with Gasteiger partial charge in [-0.05, 0) is 123 Å². The number of hydrogen-bond acceptors (Lipinski definition) is 6. The lowest BCUT2D eigenvalue weighted by atomic mass is 10.0. The fourth-order valence-electron chi connectivity index (χ4n) is 7.95. The van der Waals surface area contributed by atoms with Gasteiger partial charge in [0.2, 0.25) is 0 Å². The van der Waals surface area contributed by atoms with Gasteiger partial charge in [-0.25, -0.2) is 0 Å². The Labute approximate surface area is 400 Å². The molecule has 0 atom stereocenters. The Bertz CT molecular complexity index is 1750. The lowest BCUT2D eigenvalue weighted by Gasteiger charge is -2.08. The van der Waals surface area contributed by atoms with Crippen molar-refractivity contribution >= 4 is 23.1 Å². The van der Waals surface area contributed by atoms with E-state index in [0.717, 1.165) is 73.6 Å². The molecule has 0 saturated carbocycles. The molecule has 0 N–H and O–H groups in total. The van der Waals surface area contributed by atoms with Gasteiger partial charge >= 0.3 is 0 Å². The first-order chi connectivity index (χ1) is 32.3. The van der Waals surface area contributed by atoms with Crippen LogP contribution in [0.15, 0.2) is 97.1 Å². The number of ketones is 4. The highest BCUT2D eigenvalue weighted by Crippen LogP contribution is 2.26. The molecular weight excluding hydrogens is 817 g/mol. The van der Waals surface area contributed by atoms with E-state index in [1.54, 1.807) is 0 Å². The highest BCUT2D eigenvalue weighted by Gasteiger charge is 2.11. The molecule has 0 radical (unpaired) electrons. The number of carbonyl (C=O) groups is 4. The van der Waals surface area contributed by atoms with Crippen LogP contribution in [0.5, 0.6) is 23.0 Å². The number of ether oxygens (including phenoxy) is 2. The van der Waals surface area contributed by atoms with E-state index in [0.29, 0.717) is 48.7 Å². The molecule has 6 nitrogen and oxygen atoms in total. The molecule has 0 spiro atoms. The van der Waals surface area contributed by atoms with Crippen molar-refractivity contribution in [2.75, 3.05) is 0 Å². The van der Waals surface area contributed by atoms with Crippen LogP contribution in [0.2, 0.25) is 0 Å². The zero-order chi connectivity index (χ0) is 47.5. The predicted molar refractivity (Wildman–Crippen MR) is 275 cm³/mol. The van der Waals surface area contributed by atoms with E-state index in [9.17, 15) is 19.2 Å². The molecule has 66 heavy (non-hydrogen) atoms. The van der Waals surface area contributed by atoms with Crippen molar-refractivity contribution in [2.24, 2.45) is 0 Å². The van der Waals surface area contributed by atoms with Crippen molar-refractivity contribution < 1.29 is 28.7 Å². The van der Waals surface area contributed by atoms with Gasteiger partial charge < -0.3 is 9.47 Å². The number of carbonyl (C=O) groups excluding carboxylic acids is 4. The van der Waals surface area contributed by atoms with Crippen LogP contribution in [0.1, 0.15) is 249 Å². The SMILES string of the molecule is CCCCCCCC(=O)c1ccc(Oc2ccc(C(=O)CCCCCCC)cc2)cc1.CCCCCCCCCC(=O)c1ccc(Oc2ccc(C(=O)CCCCCCCCC)cc2)cc1. The van der Waals surface area contributed by atoms with Crippen molar-refractivity contribution in [3.05, 3.63) is 119 Å². The first-order valence-electron chi connectivity index (χ1n) is 26.2. The van der Waals surface area contributed by atoms with E-state index in [2.05, 4.69) is 27.7 Å². The van der Waals surface area contributed by atoms with E-state index < -0.39 is 0 Å². The highest BCUT2D eigenvalue weighted by atomic mass is 16.5. The van der Waals surface area contributed by atoms with Gasteiger partial charge in [-0.2, -0.15) is 0 Å². The average molecular weight is 901 g/mol. The number of rotatable bonds is 36. The Kier molecular flexibility index (Phi) is 29.7. The van der Waals surface area contributed by atoms with Crippen LogP contribution in [0.3, 0.4) is 0 Å². The third-order valence-electron chi connectivity index (χ3n) is 12.2. The maximum atomic E-state index is 12.4.